The minimum Gasteiger partial charge on any atom is -1.00 e. The number of carbonyl (C=O) groups excluding carboxylic acids is 4. The van der Waals surface area contributed by atoms with E-state index in [0.717, 1.165) is 53.3 Å². The number of benzene rings is 9. The van der Waals surface area contributed by atoms with Crippen LogP contribution < -0.4 is 73.0 Å². The van der Waals surface area contributed by atoms with Gasteiger partial charge >= 0.3 is 30.9 Å². The molecule has 7 saturated heterocycles. The second-order valence-corrected chi connectivity index (χ2v) is 43.6. The summed E-state index contributed by atoms with van der Waals surface area (Å²) in [5.74, 6) is -0.827. The Labute approximate surface area is 886 Å². The second kappa shape index (κ2) is 51.2. The number of aliphatic hydroxyl groups excluding tert-OH is 2. The van der Waals surface area contributed by atoms with E-state index in [1.165, 1.54) is 53.3 Å². The quantitative estimate of drug-likeness (QED) is 0.0406. The number of alkyl halides is 1. The van der Waals surface area contributed by atoms with Crippen molar-refractivity contribution < 1.29 is 118 Å². The molecule has 3 N–H and O–H groups in total. The van der Waals surface area contributed by atoms with E-state index in [-0.39, 0.29) is 176 Å². The maximum Gasteiger partial charge on any atom is 1.00 e. The number of hydrogen-bond donors (Lipinski definition) is 3. The summed E-state index contributed by atoms with van der Waals surface area (Å²) in [6.45, 7) is 11.9. The molecule has 16 nitrogen and oxygen atoms in total. The van der Waals surface area contributed by atoms with Gasteiger partial charge in [-0.25, -0.2) is 4.79 Å². The number of fused-ring (bicyclic) bond motifs is 7. The Morgan fingerprint density at radius 2 is 0.993 bits per heavy atom. The van der Waals surface area contributed by atoms with Crippen molar-refractivity contribution in [3.05, 3.63) is 302 Å². The van der Waals surface area contributed by atoms with Gasteiger partial charge in [0.25, 0.3) is 0 Å². The molecule has 9 aromatic rings. The predicted octanol–water partition coefficient (Wildman–Crippen LogP) is 12.9. The Morgan fingerprint density at radius 3 is 1.39 bits per heavy atom. The smallest absolute Gasteiger partial charge is 1.00 e. The molecule has 6 unspecified atom stereocenters. The molecular weight excluding hydrogens is 1880 g/mol. The number of likely N-dealkylation sites (tertiary alicyclic amines) is 2. The summed E-state index contributed by atoms with van der Waals surface area (Å²) in [6, 6.07) is 90.1. The van der Waals surface area contributed by atoms with E-state index < -0.39 is 112 Å². The molecule has 23 heteroatoms. The second-order valence-electron chi connectivity index (χ2n) is 36.6. The van der Waals surface area contributed by atoms with Crippen molar-refractivity contribution in [2.45, 2.75) is 195 Å². The van der Waals surface area contributed by atoms with Crippen LogP contribution in [0.4, 0.5) is 4.79 Å². The molecule has 3 amide bonds. The van der Waals surface area contributed by atoms with Crippen molar-refractivity contribution in [2.24, 2.45) is 69.0 Å². The number of halogens is 3. The van der Waals surface area contributed by atoms with Crippen LogP contribution >= 0.6 is 43.5 Å². The van der Waals surface area contributed by atoms with Gasteiger partial charge < -0.3 is 72.3 Å². The third-order valence-electron chi connectivity index (χ3n) is 26.8. The van der Waals surface area contributed by atoms with E-state index in [0.29, 0.717) is 26.3 Å². The summed E-state index contributed by atoms with van der Waals surface area (Å²) in [6.07, 6.45) is 5.04. The molecule has 21 rings (SSSR count). The predicted molar refractivity (Wildman–Crippen MR) is 558 cm³/mol. The zero-order valence-electron chi connectivity index (χ0n) is 100. The molecule has 21 atom stereocenters. The minimum atomic E-state index is -2.77. The first-order valence-corrected chi connectivity index (χ1v) is 49.6. The van der Waals surface area contributed by atoms with Gasteiger partial charge in [-0.15, -0.1) is 12.4 Å². The van der Waals surface area contributed by atoms with Crippen molar-refractivity contribution in [3.63, 3.8) is 0 Å². The van der Waals surface area contributed by atoms with Crippen LogP contribution in [0.25, 0.3) is 0 Å². The molecule has 724 valence electrons. The van der Waals surface area contributed by atoms with Crippen LogP contribution in [0.3, 0.4) is 0 Å². The molecule has 4 aliphatic carbocycles. The standard InChI is InChI=1S/C21H22P.C18H15P.C15H17NO2.C15H21NO.C13H23NO3.C12H11NO2.C9H15NO2.C4H8O.C3H7Br.C2H6.Al.BrH.ClH.Li.4H/c1-18(2)22(19-12-6-3-7-13-19,20-14-8-4-9-15-20)21-16-10-5-11-17-21;1-4-10-16(11-5-1)19(17-12-6-2-7-13-17)18-14-8-3-9-15-18;1-15(2)11-10-8-18-14(9-6-4-3-5-7-9)16(10)13(17)12(11)15;1-15(2)12-9-16(13(10-17)14(12)15)8-11-6-4-3-5-7-11;1-12(2,3)17-11(16)14-6-8-10(9(14)7-15)13(8,4)5;14-11-7-6-10-8-15-12(13(10)11)9-4-2-1-3-5-9;1-9(2)5-4-10-7(6(5)9)8(11)12-3;1-2-4-5-3-1;1-3(2)4;1-2;;;;;;;;/h3-18H,1-2H3;1-15H;3-7,10-12,14H,8H2,1-2H3;3-7,12-14,17H,8-10H2,1-2H3;8-10,15H,6-7H2,1-5H3;1-7,10,12H,8H2;5-7,10H,4H2,1-3H3;1-4H2;3H,1-2H3;1-2H3;;2*1H;;;;;/q+1;;;;;;;;;;;;;+1;;;;-1/p-1/t;;10-,11-,12-,14-;12-,13+,14-;8-,9+,10-;10-,12+;5-,6-,7-;;;;;;;;;;;/m..10000.........../s1/i1D3,18D;;2*1D3;4D3;;1D3;;1D3,3D;;;;;;;;;/t;;10-,11-,12-,14-,15?;12-,13+,14-,15?;8-,9+,10-,13?;;5-,6-,7-,9?;;;;;;;;;;;. The summed E-state index contributed by atoms with van der Waals surface area (Å²) in [5.41, 5.74) is -2.06. The van der Waals surface area contributed by atoms with E-state index in [2.05, 4.69) is 134 Å². The van der Waals surface area contributed by atoms with Crippen molar-refractivity contribution in [3.8, 4) is 0 Å². The number of methoxy groups -OCH3 is 1. The third kappa shape index (κ3) is 26.8. The minimum absolute atomic E-state index is 0. The van der Waals surface area contributed by atoms with Crippen LogP contribution in [0.15, 0.2) is 285 Å². The van der Waals surface area contributed by atoms with Gasteiger partial charge in [-0.2, -0.15) is 0 Å². The first-order valence-electron chi connectivity index (χ1n) is 55.7. The number of carbonyl (C=O) groups is 4. The molecule has 135 heavy (non-hydrogen) atoms. The fraction of sp³-hybridized carbons (Fsp3) is 0.464. The van der Waals surface area contributed by atoms with Crippen LogP contribution in [-0.4, -0.2) is 184 Å². The zero-order valence-corrected chi connectivity index (χ0v) is 85.0. The fourth-order valence-electron chi connectivity index (χ4n) is 20.1. The van der Waals surface area contributed by atoms with E-state index in [4.69, 9.17) is 45.0 Å². The molecule has 8 heterocycles. The average molecular weight is 2050 g/mol. The van der Waals surface area contributed by atoms with Crippen molar-refractivity contribution in [1.82, 2.24) is 24.9 Å². The van der Waals surface area contributed by atoms with Crippen LogP contribution in [0, 0.1) is 69.0 Å². The number of ether oxygens (including phenoxy) is 5. The van der Waals surface area contributed by atoms with Gasteiger partial charge in [0.05, 0.1) is 58.7 Å². The Morgan fingerprint density at radius 1 is 0.585 bits per heavy atom. The third-order valence-corrected chi connectivity index (χ3v) is 33.4. The molecule has 11 fully saturated rings. The molecule has 0 spiro atoms. The van der Waals surface area contributed by atoms with Gasteiger partial charge in [0, 0.05) is 92.9 Å². The van der Waals surface area contributed by atoms with Crippen molar-refractivity contribution in [1.29, 1.82) is 0 Å². The molecule has 12 aliphatic rings. The number of nitrogens with zero attached hydrogens (tertiary/aromatic N) is 4. The van der Waals surface area contributed by atoms with Crippen LogP contribution in [0.1, 0.15) is 188 Å². The number of rotatable bonds is 14. The zero-order chi connectivity index (χ0) is 111. The average Bonchev–Trinajstić information content (AvgIpc) is 1.48. The number of amides is 3. The number of piperidine rings is 4. The number of esters is 1. The van der Waals surface area contributed by atoms with Gasteiger partial charge in [0.2, 0.25) is 11.8 Å². The van der Waals surface area contributed by atoms with Gasteiger partial charge in [-0.05, 0) is 183 Å². The Bertz CT molecular complexity index is 5760. The maximum absolute atomic E-state index is 12.7. The topological polar surface area (TPSA) is 180 Å². The Kier molecular flexibility index (Phi) is 32.7. The number of aliphatic hydroxyl groups is 2. The van der Waals surface area contributed by atoms with Crippen LogP contribution in [-0.2, 0) is 44.6 Å². The maximum atomic E-state index is 12.7. The molecule has 4 saturated carbocycles. The number of hydrogen-bond acceptors (Lipinski definition) is 13. The van der Waals surface area contributed by atoms with E-state index in [1.807, 2.05) is 197 Å². The first kappa shape index (κ1) is 86.3. The Hall–Kier alpha value is -6.64. The largest absolute Gasteiger partial charge is 1.00 e. The molecule has 9 aromatic carbocycles. The monoisotopic (exact) mass is 2050 g/mol. The van der Waals surface area contributed by atoms with Gasteiger partial charge in [-0.3, -0.25) is 19.3 Å². The van der Waals surface area contributed by atoms with E-state index in [1.54, 1.807) is 64.3 Å². The SMILES string of the molecule is C1CCOC1.CC.Cl.O=C1C=C[C@H]2CO[C@H](c3ccccc3)N12.[2H]C([2H])([2H])C([2H])(C)Br.[2H]C([2H])([2H])C([2H])(C)[P+](c1ccccc1)(c1ccccc1)c1ccccc1.[2H]C([2H])([2H])C1(C)[C@@H]2[C@@H](C(=O)OC)NC[C@@H]21.[2H]C([2H])([2H])C1(C)[C@@H]2[C@@H](CO)N(C(=O)OC(C)(C)C)C[C@@H]21.[2H]C([2H])([2H])C1(C)[C@@H]2[C@@H](CO)N(Cc3ccccc3)C[C@@H]21.[2H]C([2H])([2H])C1(C)[C@@H]2[C@H]3CO[C@H](c4ccccc4)N3C(=O)[C@@H]21.[AlH3].[Br-].[H-].[Li+].c1ccc(P(c2ccccc2)c2ccccc2)cc1. The van der Waals surface area contributed by atoms with Gasteiger partial charge in [0.15, 0.2) is 29.8 Å². The van der Waals surface area contributed by atoms with E-state index >= 15 is 0 Å². The van der Waals surface area contributed by atoms with Gasteiger partial charge in [-0.1, -0.05) is 341 Å². The molecule has 0 bridgehead atoms. The van der Waals surface area contributed by atoms with Crippen molar-refractivity contribution in [2.75, 3.05) is 66.4 Å². The number of nitrogens with one attached hydrogen (secondary N) is 1. The normalized spacial score (nSPS) is 31.9. The summed E-state index contributed by atoms with van der Waals surface area (Å²) < 4.78 is 179. The van der Waals surface area contributed by atoms with Gasteiger partial charge in [0.1, 0.15) is 34.8 Å². The van der Waals surface area contributed by atoms with E-state index in [9.17, 15) is 30.8 Å². The van der Waals surface area contributed by atoms with Crippen LogP contribution in [0.5, 0.6) is 0 Å². The Balaban J connectivity index is 0.000000240. The summed E-state index contributed by atoms with van der Waals surface area (Å²) in [4.78, 5) is 53.5. The van der Waals surface area contributed by atoms with Crippen LogP contribution in [0.2, 0.25) is 0 Å². The molecule has 8 aliphatic heterocycles. The van der Waals surface area contributed by atoms with Crippen molar-refractivity contribution >= 4 is 117 Å². The molecular formula is C112H150AlBr2ClLiN5O11P2. The molecule has 0 aromatic heterocycles. The summed E-state index contributed by atoms with van der Waals surface area (Å²) in [5, 5.41) is 29.2. The summed E-state index contributed by atoms with van der Waals surface area (Å²) >= 11 is 2.70. The first-order chi connectivity index (χ1) is 70.9. The summed E-state index contributed by atoms with van der Waals surface area (Å²) in [7, 11) is -1.89. The molecule has 0 radical (unpaired) electrons. The fourth-order valence-corrected chi connectivity index (χ4v) is 26.3.